The van der Waals surface area contributed by atoms with E-state index in [0.717, 1.165) is 24.8 Å². The van der Waals surface area contributed by atoms with Crippen LogP contribution in [0.5, 0.6) is 0 Å². The molecule has 2 saturated heterocycles. The normalized spacial score (nSPS) is 33.4. The van der Waals surface area contributed by atoms with E-state index in [0.29, 0.717) is 5.92 Å². The van der Waals surface area contributed by atoms with Crippen LogP contribution in [-0.4, -0.2) is 26.8 Å². The summed E-state index contributed by atoms with van der Waals surface area (Å²) in [6, 6.07) is 0. The number of rotatable bonds is 3. The smallest absolute Gasteiger partial charge is 0.171 e. The van der Waals surface area contributed by atoms with Crippen molar-refractivity contribution >= 4 is 0 Å². The summed E-state index contributed by atoms with van der Waals surface area (Å²) in [6.45, 7) is 6.43. The highest BCUT2D eigenvalue weighted by molar-refractivity contribution is 5.17. The molecule has 5 nitrogen and oxygen atoms in total. The molecule has 3 fully saturated rings. The zero-order chi connectivity index (χ0) is 10.5. The Bertz CT molecular complexity index is 358. The summed E-state index contributed by atoms with van der Waals surface area (Å²) in [5.74, 6) is 2.49. The molecule has 0 atom stereocenters. The van der Waals surface area contributed by atoms with Gasteiger partial charge in [-0.2, -0.15) is 0 Å². The van der Waals surface area contributed by atoms with Crippen molar-refractivity contribution in [2.45, 2.75) is 38.8 Å². The molecule has 1 N–H and O–H groups in total. The van der Waals surface area contributed by atoms with Gasteiger partial charge in [-0.1, -0.05) is 13.8 Å². The van der Waals surface area contributed by atoms with Crippen LogP contribution in [0.1, 0.15) is 32.5 Å². The first kappa shape index (κ1) is 9.27. The maximum atomic E-state index is 4.20. The first-order chi connectivity index (χ1) is 7.20. The third-order valence-electron chi connectivity index (χ3n) is 3.50. The predicted octanol–water partition coefficient (Wildman–Crippen LogP) is 0.538. The Labute approximate surface area is 89.2 Å². The summed E-state index contributed by atoms with van der Waals surface area (Å²) in [4.78, 5) is 0. The van der Waals surface area contributed by atoms with E-state index in [9.17, 15) is 0 Å². The highest BCUT2D eigenvalue weighted by Crippen LogP contribution is 2.49. The highest BCUT2D eigenvalue weighted by Gasteiger charge is 2.54. The van der Waals surface area contributed by atoms with E-state index >= 15 is 0 Å². The first-order valence-electron chi connectivity index (χ1n) is 5.71. The molecule has 2 aliphatic heterocycles. The van der Waals surface area contributed by atoms with E-state index in [-0.39, 0.29) is 5.54 Å². The number of fused-ring (bicyclic) bond motifs is 1. The Morgan fingerprint density at radius 3 is 2.93 bits per heavy atom. The predicted molar refractivity (Wildman–Crippen MR) is 55.1 cm³/mol. The van der Waals surface area contributed by atoms with E-state index in [1.54, 1.807) is 0 Å². The fraction of sp³-hybridized carbons (Fsp3) is 0.900. The SMILES string of the molecule is CC(C)Cn1nnnc1C12CC(CN1)C2. The second-order valence-electron chi connectivity index (χ2n) is 5.32. The minimum absolute atomic E-state index is 0.114. The molecule has 5 heteroatoms. The summed E-state index contributed by atoms with van der Waals surface area (Å²) < 4.78 is 1.97. The molecule has 0 spiro atoms. The quantitative estimate of drug-likeness (QED) is 0.786. The standard InChI is InChI=1S/C10H17N5/c1-7(2)6-15-9(12-13-14-15)10-3-8(4-10)5-11-10/h7-8,11H,3-6H2,1-2H3. The molecule has 0 aromatic carbocycles. The molecule has 2 bridgehead atoms. The lowest BCUT2D eigenvalue weighted by atomic mass is 9.73. The van der Waals surface area contributed by atoms with Gasteiger partial charge in [0.05, 0.1) is 5.54 Å². The van der Waals surface area contributed by atoms with Crippen molar-refractivity contribution in [2.24, 2.45) is 11.8 Å². The summed E-state index contributed by atoms with van der Waals surface area (Å²) in [6.07, 6.45) is 2.43. The van der Waals surface area contributed by atoms with Gasteiger partial charge in [0.2, 0.25) is 0 Å². The molecule has 82 valence electrons. The van der Waals surface area contributed by atoms with Gasteiger partial charge in [0, 0.05) is 6.54 Å². The van der Waals surface area contributed by atoms with Crippen molar-refractivity contribution in [2.75, 3.05) is 6.54 Å². The van der Waals surface area contributed by atoms with Gasteiger partial charge in [0.25, 0.3) is 0 Å². The molecule has 1 aromatic rings. The average Bonchev–Trinajstić information content (AvgIpc) is 2.71. The Morgan fingerprint density at radius 1 is 1.53 bits per heavy atom. The zero-order valence-corrected chi connectivity index (χ0v) is 9.27. The van der Waals surface area contributed by atoms with Gasteiger partial charge >= 0.3 is 0 Å². The van der Waals surface area contributed by atoms with Gasteiger partial charge in [-0.3, -0.25) is 0 Å². The minimum Gasteiger partial charge on any atom is -0.304 e. The van der Waals surface area contributed by atoms with Gasteiger partial charge in [0.15, 0.2) is 5.82 Å². The molecule has 3 aliphatic rings. The number of nitrogens with zero attached hydrogens (tertiary/aromatic N) is 4. The Balaban J connectivity index is 1.88. The van der Waals surface area contributed by atoms with Crippen molar-refractivity contribution in [3.63, 3.8) is 0 Å². The first-order valence-corrected chi connectivity index (χ1v) is 5.71. The Hall–Kier alpha value is -0.970. The van der Waals surface area contributed by atoms with Crippen LogP contribution >= 0.6 is 0 Å². The third kappa shape index (κ3) is 1.29. The molecule has 0 radical (unpaired) electrons. The molecule has 1 aromatic heterocycles. The van der Waals surface area contributed by atoms with Crippen molar-refractivity contribution in [1.29, 1.82) is 0 Å². The fourth-order valence-electron chi connectivity index (χ4n) is 2.83. The Morgan fingerprint density at radius 2 is 2.33 bits per heavy atom. The number of hydrogen-bond acceptors (Lipinski definition) is 4. The van der Waals surface area contributed by atoms with Crippen molar-refractivity contribution in [1.82, 2.24) is 25.5 Å². The fourth-order valence-corrected chi connectivity index (χ4v) is 2.83. The van der Waals surface area contributed by atoms with E-state index < -0.39 is 0 Å². The second kappa shape index (κ2) is 3.01. The molecule has 4 rings (SSSR count). The monoisotopic (exact) mass is 207 g/mol. The summed E-state index contributed by atoms with van der Waals surface area (Å²) in [7, 11) is 0. The van der Waals surface area contributed by atoms with E-state index in [4.69, 9.17) is 0 Å². The molecular weight excluding hydrogens is 190 g/mol. The lowest BCUT2D eigenvalue weighted by molar-refractivity contribution is 0.203. The van der Waals surface area contributed by atoms with Crippen LogP contribution in [0.4, 0.5) is 0 Å². The number of tetrazole rings is 1. The van der Waals surface area contributed by atoms with E-state index in [2.05, 4.69) is 34.7 Å². The second-order valence-corrected chi connectivity index (χ2v) is 5.32. The van der Waals surface area contributed by atoms with Gasteiger partial charge < -0.3 is 5.32 Å². The van der Waals surface area contributed by atoms with Crippen molar-refractivity contribution in [3.05, 3.63) is 5.82 Å². The molecular formula is C10H17N5. The third-order valence-corrected chi connectivity index (χ3v) is 3.50. The largest absolute Gasteiger partial charge is 0.304 e. The highest BCUT2D eigenvalue weighted by atomic mass is 15.6. The van der Waals surface area contributed by atoms with Gasteiger partial charge in [-0.15, -0.1) is 5.10 Å². The van der Waals surface area contributed by atoms with Crippen molar-refractivity contribution < 1.29 is 0 Å². The number of hydrogen-bond donors (Lipinski definition) is 1. The van der Waals surface area contributed by atoms with Crippen molar-refractivity contribution in [3.8, 4) is 0 Å². The lowest BCUT2D eigenvalue weighted by Gasteiger charge is -2.36. The summed E-state index contributed by atoms with van der Waals surface area (Å²) in [5, 5.41) is 15.7. The zero-order valence-electron chi connectivity index (χ0n) is 9.27. The maximum Gasteiger partial charge on any atom is 0.171 e. The van der Waals surface area contributed by atoms with Gasteiger partial charge in [0.1, 0.15) is 0 Å². The maximum absolute atomic E-state index is 4.20. The summed E-state index contributed by atoms with van der Waals surface area (Å²) >= 11 is 0. The molecule has 1 aliphatic carbocycles. The van der Waals surface area contributed by atoms with Crippen LogP contribution in [0.15, 0.2) is 0 Å². The van der Waals surface area contributed by atoms with Crippen LogP contribution in [0, 0.1) is 11.8 Å². The molecule has 0 amide bonds. The average molecular weight is 207 g/mol. The molecule has 0 unspecified atom stereocenters. The van der Waals surface area contributed by atoms with Crippen LogP contribution in [0.2, 0.25) is 0 Å². The van der Waals surface area contributed by atoms with Crippen LogP contribution in [-0.2, 0) is 12.1 Å². The number of nitrogens with one attached hydrogen (secondary N) is 1. The number of aromatic nitrogens is 4. The van der Waals surface area contributed by atoms with Crippen LogP contribution < -0.4 is 5.32 Å². The lowest BCUT2D eigenvalue weighted by Crippen LogP contribution is -2.43. The van der Waals surface area contributed by atoms with E-state index in [1.807, 2.05) is 4.68 Å². The van der Waals surface area contributed by atoms with Crippen LogP contribution in [0.3, 0.4) is 0 Å². The van der Waals surface area contributed by atoms with E-state index in [1.165, 1.54) is 12.8 Å². The summed E-state index contributed by atoms with van der Waals surface area (Å²) in [5.41, 5.74) is 0.114. The molecule has 1 saturated carbocycles. The Kier molecular flexibility index (Phi) is 1.86. The molecule has 15 heavy (non-hydrogen) atoms. The topological polar surface area (TPSA) is 55.6 Å². The van der Waals surface area contributed by atoms with Gasteiger partial charge in [-0.25, -0.2) is 4.68 Å². The molecule has 3 heterocycles. The van der Waals surface area contributed by atoms with Crippen LogP contribution in [0.25, 0.3) is 0 Å². The van der Waals surface area contributed by atoms with Gasteiger partial charge in [-0.05, 0) is 41.6 Å². The minimum atomic E-state index is 0.114.